The molecule has 1 aromatic carbocycles. The van der Waals surface area contributed by atoms with Crippen LogP contribution in [-0.4, -0.2) is 24.6 Å². The fourth-order valence-electron chi connectivity index (χ4n) is 2.89. The number of rotatable bonds is 3. The predicted molar refractivity (Wildman–Crippen MR) is 72.8 cm³/mol. The summed E-state index contributed by atoms with van der Waals surface area (Å²) in [4.78, 5) is 11.9. The Hall–Kier alpha value is -1.35. The monoisotopic (exact) mass is 260 g/mol. The Balaban J connectivity index is 1.65. The van der Waals surface area contributed by atoms with Crippen molar-refractivity contribution in [1.82, 2.24) is 0 Å². The Kier molecular flexibility index (Phi) is 3.56. The van der Waals surface area contributed by atoms with Crippen molar-refractivity contribution in [3.63, 3.8) is 0 Å². The molecule has 0 amide bonds. The molecule has 0 radical (unpaired) electrons. The number of aryl methyl sites for hydroxylation is 1. The van der Waals surface area contributed by atoms with Gasteiger partial charge in [0, 0.05) is 12.0 Å². The van der Waals surface area contributed by atoms with Crippen LogP contribution < -0.4 is 4.74 Å². The summed E-state index contributed by atoms with van der Waals surface area (Å²) in [6, 6.07) is 5.89. The third kappa shape index (κ3) is 2.81. The van der Waals surface area contributed by atoms with Crippen molar-refractivity contribution in [3.05, 3.63) is 29.3 Å². The Morgan fingerprint density at radius 1 is 1.32 bits per heavy atom. The van der Waals surface area contributed by atoms with E-state index in [9.17, 15) is 4.79 Å². The Morgan fingerprint density at radius 2 is 2.21 bits per heavy atom. The predicted octanol–water partition coefficient (Wildman–Crippen LogP) is 3.15. The summed E-state index contributed by atoms with van der Waals surface area (Å²) in [6.07, 6.45) is 5.35. The van der Waals surface area contributed by atoms with Crippen LogP contribution in [0.5, 0.6) is 5.75 Å². The molecule has 2 unspecified atom stereocenters. The maximum atomic E-state index is 11.9. The molecule has 0 aromatic heterocycles. The van der Waals surface area contributed by atoms with Gasteiger partial charge in [0.15, 0.2) is 5.78 Å². The van der Waals surface area contributed by atoms with Crippen LogP contribution in [-0.2, 0) is 11.2 Å². The van der Waals surface area contributed by atoms with E-state index in [0.717, 1.165) is 42.6 Å². The number of hydrogen-bond donors (Lipinski definition) is 0. The van der Waals surface area contributed by atoms with E-state index in [1.54, 1.807) is 0 Å². The molecule has 102 valence electrons. The first-order valence-corrected chi connectivity index (χ1v) is 7.17. The van der Waals surface area contributed by atoms with E-state index in [-0.39, 0.29) is 11.9 Å². The fraction of sp³-hybridized carbons (Fsp3) is 0.562. The van der Waals surface area contributed by atoms with Crippen molar-refractivity contribution in [2.45, 2.75) is 51.2 Å². The molecule has 3 nitrogen and oxygen atoms in total. The van der Waals surface area contributed by atoms with Crippen LogP contribution in [0.4, 0.5) is 0 Å². The lowest BCUT2D eigenvalue weighted by Gasteiger charge is -2.17. The molecule has 1 fully saturated rings. The van der Waals surface area contributed by atoms with Gasteiger partial charge in [-0.25, -0.2) is 0 Å². The molecule has 1 aromatic rings. The number of fused-ring (bicyclic) bond motifs is 1. The highest BCUT2D eigenvalue weighted by atomic mass is 16.5. The lowest BCUT2D eigenvalue weighted by atomic mass is 9.90. The van der Waals surface area contributed by atoms with Gasteiger partial charge in [0.2, 0.25) is 0 Å². The summed E-state index contributed by atoms with van der Waals surface area (Å²) in [5, 5.41) is 0. The first-order valence-electron chi connectivity index (χ1n) is 7.17. The lowest BCUT2D eigenvalue weighted by Crippen LogP contribution is -2.18. The van der Waals surface area contributed by atoms with Crippen LogP contribution in [0.3, 0.4) is 0 Å². The van der Waals surface area contributed by atoms with Gasteiger partial charge in [0.25, 0.3) is 0 Å². The Bertz CT molecular complexity index is 481. The van der Waals surface area contributed by atoms with Crippen LogP contribution in [0.1, 0.15) is 48.5 Å². The normalized spacial score (nSPS) is 26.3. The maximum Gasteiger partial charge on any atom is 0.163 e. The second-order valence-corrected chi connectivity index (χ2v) is 5.55. The molecule has 19 heavy (non-hydrogen) atoms. The average molecular weight is 260 g/mol. The minimum absolute atomic E-state index is 0.196. The summed E-state index contributed by atoms with van der Waals surface area (Å²) in [7, 11) is 0. The average Bonchev–Trinajstić information content (AvgIpc) is 2.83. The molecule has 1 heterocycles. The molecule has 1 aliphatic carbocycles. The number of benzene rings is 1. The van der Waals surface area contributed by atoms with Gasteiger partial charge < -0.3 is 9.47 Å². The summed E-state index contributed by atoms with van der Waals surface area (Å²) in [5.41, 5.74) is 2.01. The summed E-state index contributed by atoms with van der Waals surface area (Å²) < 4.78 is 11.5. The van der Waals surface area contributed by atoms with Gasteiger partial charge in [0.05, 0.1) is 12.2 Å². The van der Waals surface area contributed by atoms with E-state index in [4.69, 9.17) is 9.47 Å². The zero-order chi connectivity index (χ0) is 13.2. The highest BCUT2D eigenvalue weighted by Gasteiger charge is 2.23. The van der Waals surface area contributed by atoms with Crippen LogP contribution >= 0.6 is 0 Å². The van der Waals surface area contributed by atoms with Crippen LogP contribution in [0.2, 0.25) is 0 Å². The minimum atomic E-state index is 0.196. The van der Waals surface area contributed by atoms with Crippen molar-refractivity contribution in [3.8, 4) is 5.75 Å². The van der Waals surface area contributed by atoms with E-state index >= 15 is 0 Å². The van der Waals surface area contributed by atoms with E-state index in [0.29, 0.717) is 19.1 Å². The molecule has 1 aliphatic heterocycles. The highest BCUT2D eigenvalue weighted by molar-refractivity contribution is 5.98. The summed E-state index contributed by atoms with van der Waals surface area (Å²) in [6.45, 7) is 2.68. The fourth-order valence-corrected chi connectivity index (χ4v) is 2.89. The largest absolute Gasteiger partial charge is 0.491 e. The molecule has 0 saturated carbocycles. The van der Waals surface area contributed by atoms with Gasteiger partial charge >= 0.3 is 0 Å². The van der Waals surface area contributed by atoms with Crippen molar-refractivity contribution in [2.75, 3.05) is 6.61 Å². The Labute approximate surface area is 113 Å². The van der Waals surface area contributed by atoms with Gasteiger partial charge in [-0.1, -0.05) is 6.07 Å². The first kappa shape index (κ1) is 12.7. The molecule has 2 aliphatic rings. The van der Waals surface area contributed by atoms with E-state index < -0.39 is 0 Å². The van der Waals surface area contributed by atoms with E-state index in [2.05, 4.69) is 6.92 Å². The molecule has 2 atom stereocenters. The number of carbonyl (C=O) groups excluding carboxylic acids is 1. The topological polar surface area (TPSA) is 35.5 Å². The van der Waals surface area contributed by atoms with Gasteiger partial charge in [-0.3, -0.25) is 4.79 Å². The SMILES string of the molecule is CC1CCC(COc2ccc3c(c2)C(=O)CCC3)O1. The van der Waals surface area contributed by atoms with Gasteiger partial charge in [0.1, 0.15) is 12.4 Å². The molecule has 1 saturated heterocycles. The Morgan fingerprint density at radius 3 is 3.00 bits per heavy atom. The number of Topliss-reactive ketones (excluding diaryl/α,β-unsaturated/α-hetero) is 1. The number of hydrogen-bond acceptors (Lipinski definition) is 3. The zero-order valence-electron chi connectivity index (χ0n) is 11.4. The van der Waals surface area contributed by atoms with E-state index in [1.165, 1.54) is 0 Å². The molecule has 3 heteroatoms. The number of carbonyl (C=O) groups is 1. The van der Waals surface area contributed by atoms with Crippen LogP contribution in [0, 0.1) is 0 Å². The van der Waals surface area contributed by atoms with Crippen molar-refractivity contribution in [1.29, 1.82) is 0 Å². The maximum absolute atomic E-state index is 11.9. The second kappa shape index (κ2) is 5.33. The second-order valence-electron chi connectivity index (χ2n) is 5.55. The first-order chi connectivity index (χ1) is 9.22. The van der Waals surface area contributed by atoms with Gasteiger partial charge in [-0.2, -0.15) is 0 Å². The standard InChI is InChI=1S/C16H20O3/c1-11-5-7-14(19-11)10-18-13-8-6-12-3-2-4-16(17)15(12)9-13/h6,8-9,11,14H,2-5,7,10H2,1H3. The summed E-state index contributed by atoms with van der Waals surface area (Å²) >= 11 is 0. The molecular formula is C16H20O3. The van der Waals surface area contributed by atoms with Crippen molar-refractivity contribution >= 4 is 5.78 Å². The molecule has 0 bridgehead atoms. The van der Waals surface area contributed by atoms with Gasteiger partial charge in [-0.15, -0.1) is 0 Å². The third-order valence-corrected chi connectivity index (χ3v) is 3.99. The van der Waals surface area contributed by atoms with Gasteiger partial charge in [-0.05, 0) is 50.3 Å². The van der Waals surface area contributed by atoms with Crippen LogP contribution in [0.15, 0.2) is 18.2 Å². The quantitative estimate of drug-likeness (QED) is 0.837. The molecule has 3 rings (SSSR count). The number of ketones is 1. The highest BCUT2D eigenvalue weighted by Crippen LogP contribution is 2.26. The zero-order valence-corrected chi connectivity index (χ0v) is 11.4. The van der Waals surface area contributed by atoms with Crippen molar-refractivity contribution < 1.29 is 14.3 Å². The molecule has 0 spiro atoms. The third-order valence-electron chi connectivity index (χ3n) is 3.99. The molecular weight excluding hydrogens is 240 g/mol. The lowest BCUT2D eigenvalue weighted by molar-refractivity contribution is 0.0264. The van der Waals surface area contributed by atoms with Crippen molar-refractivity contribution in [2.24, 2.45) is 0 Å². The molecule has 0 N–H and O–H groups in total. The smallest absolute Gasteiger partial charge is 0.163 e. The van der Waals surface area contributed by atoms with E-state index in [1.807, 2.05) is 18.2 Å². The minimum Gasteiger partial charge on any atom is -0.491 e. The van der Waals surface area contributed by atoms with Crippen LogP contribution in [0.25, 0.3) is 0 Å². The summed E-state index contributed by atoms with van der Waals surface area (Å²) in [5.74, 6) is 1.04. The number of ether oxygens (including phenoxy) is 2.